The molecule has 1 unspecified atom stereocenters. The molecule has 0 saturated carbocycles. The van der Waals surface area contributed by atoms with Gasteiger partial charge in [0.05, 0.1) is 23.3 Å². The van der Waals surface area contributed by atoms with E-state index >= 15 is 0 Å². The number of furan rings is 1. The van der Waals surface area contributed by atoms with Crippen LogP contribution in [0.4, 0.5) is 0 Å². The highest BCUT2D eigenvalue weighted by Crippen LogP contribution is 2.31. The van der Waals surface area contributed by atoms with Crippen molar-refractivity contribution in [1.29, 1.82) is 0 Å². The van der Waals surface area contributed by atoms with Crippen LogP contribution >= 0.6 is 11.8 Å². The summed E-state index contributed by atoms with van der Waals surface area (Å²) in [5.41, 5.74) is 2.46. The minimum absolute atomic E-state index is 0.0661. The van der Waals surface area contributed by atoms with Crippen molar-refractivity contribution >= 4 is 23.6 Å². The molecule has 3 heterocycles. The second-order valence-corrected chi connectivity index (χ2v) is 9.96. The number of hydrogen-bond acceptors (Lipinski definition) is 5. The van der Waals surface area contributed by atoms with Crippen LogP contribution in [0.3, 0.4) is 0 Å². The summed E-state index contributed by atoms with van der Waals surface area (Å²) in [6, 6.07) is 7.65. The Labute approximate surface area is 200 Å². The monoisotopic (exact) mass is 467 g/mol. The van der Waals surface area contributed by atoms with Gasteiger partial charge in [0.1, 0.15) is 5.76 Å². The van der Waals surface area contributed by atoms with E-state index in [4.69, 9.17) is 9.40 Å². The third-order valence-corrected chi connectivity index (χ3v) is 7.46. The highest BCUT2D eigenvalue weighted by Gasteiger charge is 2.30. The topological polar surface area (TPSA) is 75.4 Å². The molecule has 33 heavy (non-hydrogen) atoms. The van der Waals surface area contributed by atoms with Crippen LogP contribution in [0.1, 0.15) is 65.5 Å². The summed E-state index contributed by atoms with van der Waals surface area (Å²) in [5.74, 6) is 3.13. The average Bonchev–Trinajstić information content (AvgIpc) is 3.37. The summed E-state index contributed by atoms with van der Waals surface area (Å²) in [6.45, 7) is 4.04. The normalized spacial score (nSPS) is 18.9. The number of hydrogen-bond donors (Lipinski definition) is 1. The Kier molecular flexibility index (Phi) is 8.26. The van der Waals surface area contributed by atoms with E-state index in [9.17, 15) is 9.59 Å². The van der Waals surface area contributed by atoms with Crippen molar-refractivity contribution in [1.82, 2.24) is 15.2 Å². The smallest absolute Gasteiger partial charge is 0.253 e. The lowest BCUT2D eigenvalue weighted by Gasteiger charge is -2.35. The number of allylic oxidation sites excluding steroid dienone is 2. The van der Waals surface area contributed by atoms with Crippen molar-refractivity contribution in [2.45, 2.75) is 50.7 Å². The quantitative estimate of drug-likeness (QED) is 0.450. The van der Waals surface area contributed by atoms with Gasteiger partial charge >= 0.3 is 0 Å². The zero-order valence-corrected chi connectivity index (χ0v) is 20.1. The standard InChI is InChI=1S/C26H33N3O3S/c1-19-9-10-23(25(30)27-13-17-33-18-22-8-5-16-32-22)24(28-19)20-11-14-29(15-12-20)26(31)21-6-3-2-4-7-21/h2-3,5,8-10,16,20-21H,4,6-7,11-15,17-18H2,1H3,(H,27,30). The molecule has 2 aromatic rings. The number of nitrogens with one attached hydrogen (secondary N) is 1. The van der Waals surface area contributed by atoms with Gasteiger partial charge in [0.2, 0.25) is 5.91 Å². The van der Waals surface area contributed by atoms with Crippen LogP contribution in [0.2, 0.25) is 0 Å². The van der Waals surface area contributed by atoms with Crippen LogP contribution < -0.4 is 5.32 Å². The fraction of sp³-hybridized carbons (Fsp3) is 0.500. The second kappa shape index (κ2) is 11.5. The van der Waals surface area contributed by atoms with Gasteiger partial charge in [-0.1, -0.05) is 12.2 Å². The maximum Gasteiger partial charge on any atom is 0.253 e. The van der Waals surface area contributed by atoms with Crippen LogP contribution in [0, 0.1) is 12.8 Å². The van der Waals surface area contributed by atoms with E-state index in [0.29, 0.717) is 18.0 Å². The molecule has 1 N–H and O–H groups in total. The number of likely N-dealkylation sites (tertiary alicyclic amines) is 1. The van der Waals surface area contributed by atoms with Crippen molar-refractivity contribution in [3.63, 3.8) is 0 Å². The van der Waals surface area contributed by atoms with Crippen molar-refractivity contribution < 1.29 is 14.0 Å². The van der Waals surface area contributed by atoms with Gasteiger partial charge in [0.15, 0.2) is 0 Å². The fourth-order valence-corrected chi connectivity index (χ4v) is 5.39. The molecule has 0 spiro atoms. The average molecular weight is 468 g/mol. The number of amides is 2. The third-order valence-electron chi connectivity index (χ3n) is 6.48. The SMILES string of the molecule is Cc1ccc(C(=O)NCCSCc2ccco2)c(C2CCN(C(=O)C3CC=CCC3)CC2)n1. The minimum atomic E-state index is -0.0661. The molecular formula is C26H33N3O3S. The van der Waals surface area contributed by atoms with E-state index in [0.717, 1.165) is 73.8 Å². The maximum atomic E-state index is 12.9. The predicted molar refractivity (Wildman–Crippen MR) is 131 cm³/mol. The third kappa shape index (κ3) is 6.28. The first-order valence-electron chi connectivity index (χ1n) is 11.9. The molecule has 1 saturated heterocycles. The van der Waals surface area contributed by atoms with Gasteiger partial charge in [0.25, 0.3) is 5.91 Å². The lowest BCUT2D eigenvalue weighted by Crippen LogP contribution is -2.42. The summed E-state index contributed by atoms with van der Waals surface area (Å²) in [7, 11) is 0. The van der Waals surface area contributed by atoms with Gasteiger partial charge < -0.3 is 14.6 Å². The van der Waals surface area contributed by atoms with E-state index in [2.05, 4.69) is 17.5 Å². The molecule has 6 nitrogen and oxygen atoms in total. The second-order valence-electron chi connectivity index (χ2n) is 8.85. The van der Waals surface area contributed by atoms with E-state index in [1.54, 1.807) is 18.0 Å². The Bertz CT molecular complexity index is 965. The summed E-state index contributed by atoms with van der Waals surface area (Å²) in [6.07, 6.45) is 10.5. The Hall–Kier alpha value is -2.54. The first-order valence-corrected chi connectivity index (χ1v) is 13.1. The van der Waals surface area contributed by atoms with Crippen LogP contribution in [0.5, 0.6) is 0 Å². The largest absolute Gasteiger partial charge is 0.468 e. The van der Waals surface area contributed by atoms with E-state index in [1.165, 1.54) is 0 Å². The number of carbonyl (C=O) groups is 2. The summed E-state index contributed by atoms with van der Waals surface area (Å²) >= 11 is 1.73. The van der Waals surface area contributed by atoms with E-state index < -0.39 is 0 Å². The van der Waals surface area contributed by atoms with Crippen LogP contribution in [-0.4, -0.2) is 47.1 Å². The number of thioether (sulfide) groups is 1. The Balaban J connectivity index is 1.30. The maximum absolute atomic E-state index is 12.9. The fourth-order valence-electron chi connectivity index (χ4n) is 4.63. The Morgan fingerprint density at radius 3 is 2.76 bits per heavy atom. The summed E-state index contributed by atoms with van der Waals surface area (Å²) in [5, 5.41) is 3.05. The van der Waals surface area contributed by atoms with Crippen molar-refractivity contribution in [2.24, 2.45) is 5.92 Å². The highest BCUT2D eigenvalue weighted by molar-refractivity contribution is 7.98. The van der Waals surface area contributed by atoms with Gasteiger partial charge in [-0.05, 0) is 63.3 Å². The van der Waals surface area contributed by atoms with E-state index in [-0.39, 0.29) is 17.7 Å². The van der Waals surface area contributed by atoms with Crippen molar-refractivity contribution in [3.05, 3.63) is 65.4 Å². The van der Waals surface area contributed by atoms with Gasteiger partial charge in [-0.15, -0.1) is 0 Å². The van der Waals surface area contributed by atoms with Crippen molar-refractivity contribution in [3.8, 4) is 0 Å². The van der Waals surface area contributed by atoms with Crippen LogP contribution in [0.15, 0.2) is 47.1 Å². The Morgan fingerprint density at radius 2 is 2.03 bits per heavy atom. The predicted octanol–water partition coefficient (Wildman–Crippen LogP) is 4.71. The minimum Gasteiger partial charge on any atom is -0.468 e. The molecule has 0 radical (unpaired) electrons. The number of rotatable bonds is 8. The Morgan fingerprint density at radius 1 is 1.18 bits per heavy atom. The van der Waals surface area contributed by atoms with E-state index in [1.807, 2.05) is 36.1 Å². The number of pyridine rings is 1. The molecule has 1 aliphatic heterocycles. The molecule has 0 bridgehead atoms. The number of aromatic nitrogens is 1. The molecule has 2 amide bonds. The molecular weight excluding hydrogens is 434 g/mol. The van der Waals surface area contributed by atoms with Gasteiger partial charge in [0, 0.05) is 42.9 Å². The van der Waals surface area contributed by atoms with Gasteiger partial charge in [-0.2, -0.15) is 11.8 Å². The molecule has 1 aliphatic carbocycles. The molecule has 1 fully saturated rings. The van der Waals surface area contributed by atoms with Gasteiger partial charge in [-0.25, -0.2) is 0 Å². The summed E-state index contributed by atoms with van der Waals surface area (Å²) in [4.78, 5) is 32.6. The zero-order valence-electron chi connectivity index (χ0n) is 19.3. The highest BCUT2D eigenvalue weighted by atomic mass is 32.2. The number of aryl methyl sites for hydroxylation is 1. The molecule has 1 atom stereocenters. The summed E-state index contributed by atoms with van der Waals surface area (Å²) < 4.78 is 5.34. The first-order chi connectivity index (χ1) is 16.1. The molecule has 7 heteroatoms. The number of piperidine rings is 1. The molecule has 4 rings (SSSR count). The zero-order chi connectivity index (χ0) is 23.0. The van der Waals surface area contributed by atoms with Crippen LogP contribution in [0.25, 0.3) is 0 Å². The van der Waals surface area contributed by atoms with Crippen molar-refractivity contribution in [2.75, 3.05) is 25.4 Å². The number of nitrogens with zero attached hydrogens (tertiary/aromatic N) is 2. The molecule has 176 valence electrons. The molecule has 2 aromatic heterocycles. The van der Waals surface area contributed by atoms with Gasteiger partial charge in [-0.3, -0.25) is 14.6 Å². The first kappa shape index (κ1) is 23.6. The van der Waals surface area contributed by atoms with Crippen LogP contribution in [-0.2, 0) is 10.5 Å². The molecule has 0 aromatic carbocycles. The number of carbonyl (C=O) groups excluding carboxylic acids is 2. The lowest BCUT2D eigenvalue weighted by atomic mass is 9.88. The molecule has 2 aliphatic rings. The lowest BCUT2D eigenvalue weighted by molar-refractivity contribution is -0.136.